The first kappa shape index (κ1) is 11.9. The first-order chi connectivity index (χ1) is 6.11. The number of halogens is 1. The summed E-state index contributed by atoms with van der Waals surface area (Å²) >= 11 is 5.48. The fourth-order valence-corrected chi connectivity index (χ4v) is 0.774. The quantitative estimate of drug-likeness (QED) is 0.400. The van der Waals surface area contributed by atoms with E-state index in [1.54, 1.807) is 12.1 Å². The van der Waals surface area contributed by atoms with E-state index in [2.05, 4.69) is 0 Å². The first-order valence-electron chi connectivity index (χ1n) is 3.12. The number of non-ortho nitro benzene ring substituents is 1. The van der Waals surface area contributed by atoms with Crippen LogP contribution in [0.4, 0.5) is 5.69 Å². The highest BCUT2D eigenvalue weighted by Crippen LogP contribution is 2.16. The van der Waals surface area contributed by atoms with E-state index in [1.165, 1.54) is 12.1 Å². The van der Waals surface area contributed by atoms with Crippen molar-refractivity contribution in [2.75, 3.05) is 0 Å². The molecular formula is C6H6BClNO4. The van der Waals surface area contributed by atoms with Gasteiger partial charge in [0.15, 0.2) is 0 Å². The molecule has 13 heavy (non-hydrogen) atoms. The van der Waals surface area contributed by atoms with Gasteiger partial charge < -0.3 is 10.0 Å². The van der Waals surface area contributed by atoms with E-state index >= 15 is 0 Å². The lowest BCUT2D eigenvalue weighted by atomic mass is 10.3. The van der Waals surface area contributed by atoms with Crippen molar-refractivity contribution in [3.63, 3.8) is 0 Å². The van der Waals surface area contributed by atoms with E-state index in [-0.39, 0.29) is 13.4 Å². The van der Waals surface area contributed by atoms with E-state index in [9.17, 15) is 10.1 Å². The Labute approximate surface area is 80.0 Å². The van der Waals surface area contributed by atoms with Gasteiger partial charge in [0.25, 0.3) is 5.69 Å². The van der Waals surface area contributed by atoms with Crippen molar-refractivity contribution < 1.29 is 15.0 Å². The van der Waals surface area contributed by atoms with Crippen LogP contribution in [0.25, 0.3) is 0 Å². The summed E-state index contributed by atoms with van der Waals surface area (Å²) in [4.78, 5) is 9.62. The number of nitro groups is 1. The molecule has 0 heterocycles. The lowest BCUT2D eigenvalue weighted by molar-refractivity contribution is -0.384. The minimum absolute atomic E-state index is 0. The fraction of sp³-hybridized carbons (Fsp3) is 0. The van der Waals surface area contributed by atoms with Crippen molar-refractivity contribution in [3.05, 3.63) is 39.4 Å². The molecule has 0 aliphatic carbocycles. The molecule has 5 nitrogen and oxygen atoms in total. The van der Waals surface area contributed by atoms with Crippen molar-refractivity contribution in [1.82, 2.24) is 0 Å². The number of nitro benzene ring substituents is 1. The normalized spacial score (nSPS) is 8.23. The highest BCUT2D eigenvalue weighted by atomic mass is 35.5. The molecule has 7 heteroatoms. The Morgan fingerprint density at radius 1 is 1.46 bits per heavy atom. The van der Waals surface area contributed by atoms with Gasteiger partial charge in [0.2, 0.25) is 0 Å². The smallest absolute Gasteiger partial charge is 0.429 e. The minimum atomic E-state index is -0.480. The Bertz CT molecular complexity index is 283. The summed E-state index contributed by atoms with van der Waals surface area (Å²) in [6.07, 6.45) is 0. The number of hydrogen-bond acceptors (Lipinski definition) is 4. The maximum Gasteiger partial charge on any atom is 0.482 e. The van der Waals surface area contributed by atoms with E-state index in [0.717, 1.165) is 0 Å². The van der Waals surface area contributed by atoms with Crippen molar-refractivity contribution in [3.8, 4) is 0 Å². The summed E-state index contributed by atoms with van der Waals surface area (Å²) in [6, 6.07) is 5.84. The molecule has 1 radical (unpaired) electrons. The molecule has 0 spiro atoms. The van der Waals surface area contributed by atoms with Crippen LogP contribution < -0.4 is 0 Å². The third kappa shape index (κ3) is 5.18. The van der Waals surface area contributed by atoms with Crippen molar-refractivity contribution in [1.29, 1.82) is 0 Å². The molecule has 0 fully saturated rings. The number of nitrogens with zero attached hydrogens (tertiary/aromatic N) is 1. The lowest BCUT2D eigenvalue weighted by Gasteiger charge is -1.89. The zero-order chi connectivity index (χ0) is 10.3. The average molecular weight is 202 g/mol. The van der Waals surface area contributed by atoms with Gasteiger partial charge in [-0.05, 0) is 6.07 Å². The van der Waals surface area contributed by atoms with E-state index in [0.29, 0.717) is 5.02 Å². The lowest BCUT2D eigenvalue weighted by Crippen LogP contribution is -1.85. The summed E-state index contributed by atoms with van der Waals surface area (Å²) in [5.74, 6) is 0. The van der Waals surface area contributed by atoms with Crippen molar-refractivity contribution in [2.45, 2.75) is 0 Å². The third-order valence-corrected chi connectivity index (χ3v) is 1.25. The van der Waals surface area contributed by atoms with E-state index < -0.39 is 4.92 Å². The molecule has 1 rings (SSSR count). The second-order valence-corrected chi connectivity index (χ2v) is 2.29. The van der Waals surface area contributed by atoms with Crippen LogP contribution in [0.3, 0.4) is 0 Å². The first-order valence-corrected chi connectivity index (χ1v) is 3.49. The van der Waals surface area contributed by atoms with Gasteiger partial charge in [-0.15, -0.1) is 0 Å². The molecule has 2 N–H and O–H groups in total. The maximum absolute atomic E-state index is 10.1. The zero-order valence-corrected chi connectivity index (χ0v) is 7.18. The van der Waals surface area contributed by atoms with Gasteiger partial charge in [-0.3, -0.25) is 10.1 Å². The van der Waals surface area contributed by atoms with Gasteiger partial charge in [0, 0.05) is 17.2 Å². The van der Waals surface area contributed by atoms with Crippen LogP contribution in [0.15, 0.2) is 24.3 Å². The van der Waals surface area contributed by atoms with Crippen molar-refractivity contribution >= 4 is 25.0 Å². The van der Waals surface area contributed by atoms with Crippen LogP contribution in [-0.4, -0.2) is 22.7 Å². The Morgan fingerprint density at radius 2 is 2.00 bits per heavy atom. The molecule has 1 aromatic carbocycles. The van der Waals surface area contributed by atoms with Crippen LogP contribution >= 0.6 is 11.6 Å². The molecule has 0 saturated carbocycles. The molecule has 1 aromatic rings. The summed E-state index contributed by atoms with van der Waals surface area (Å²) in [6.45, 7) is 0. The average Bonchev–Trinajstić information content (AvgIpc) is 2.05. The van der Waals surface area contributed by atoms with Gasteiger partial charge in [-0.25, -0.2) is 0 Å². The largest absolute Gasteiger partial charge is 0.482 e. The Balaban J connectivity index is 0.000000424. The van der Waals surface area contributed by atoms with Crippen LogP contribution in [-0.2, 0) is 0 Å². The van der Waals surface area contributed by atoms with E-state index in [1.807, 2.05) is 0 Å². The van der Waals surface area contributed by atoms with Gasteiger partial charge in [-0.1, -0.05) is 17.7 Å². The molecule has 69 valence electrons. The van der Waals surface area contributed by atoms with Crippen LogP contribution in [0.5, 0.6) is 0 Å². The summed E-state index contributed by atoms with van der Waals surface area (Å²) in [5, 5.41) is 24.5. The standard InChI is InChI=1S/C6H4ClNO2.BH2O2/c7-5-2-1-3-6(4-5)8(9)10;2-1-3/h1-4H;2-3H. The topological polar surface area (TPSA) is 83.6 Å². The molecule has 0 aromatic heterocycles. The van der Waals surface area contributed by atoms with Crippen LogP contribution in [0.1, 0.15) is 0 Å². The predicted molar refractivity (Wildman–Crippen MR) is 48.3 cm³/mol. The van der Waals surface area contributed by atoms with Gasteiger partial charge in [0.05, 0.1) is 4.92 Å². The minimum Gasteiger partial charge on any atom is -0.429 e. The van der Waals surface area contributed by atoms with E-state index in [4.69, 9.17) is 21.6 Å². The predicted octanol–water partition coefficient (Wildman–Crippen LogP) is 0.753. The van der Waals surface area contributed by atoms with Gasteiger partial charge in [-0.2, -0.15) is 0 Å². The summed E-state index contributed by atoms with van der Waals surface area (Å²) < 4.78 is 0. The molecule has 0 unspecified atom stereocenters. The highest BCUT2D eigenvalue weighted by molar-refractivity contribution is 6.30. The highest BCUT2D eigenvalue weighted by Gasteiger charge is 2.02. The molecule has 0 amide bonds. The number of benzene rings is 1. The van der Waals surface area contributed by atoms with Gasteiger partial charge >= 0.3 is 7.69 Å². The number of hydrogen-bond donors (Lipinski definition) is 2. The van der Waals surface area contributed by atoms with Crippen LogP contribution in [0, 0.1) is 10.1 Å². The Hall–Kier alpha value is -1.11. The Kier molecular flexibility index (Phi) is 5.87. The maximum atomic E-state index is 10.1. The zero-order valence-electron chi connectivity index (χ0n) is 6.42. The summed E-state index contributed by atoms with van der Waals surface area (Å²) in [7, 11) is 0. The summed E-state index contributed by atoms with van der Waals surface area (Å²) in [5.41, 5.74) is 0.0208. The number of rotatable bonds is 1. The molecule has 0 aliphatic rings. The second-order valence-electron chi connectivity index (χ2n) is 1.85. The molecule has 0 aliphatic heterocycles. The van der Waals surface area contributed by atoms with Crippen LogP contribution in [0.2, 0.25) is 5.02 Å². The monoisotopic (exact) mass is 202 g/mol. The second kappa shape index (κ2) is 6.42. The third-order valence-electron chi connectivity index (χ3n) is 1.02. The molecular weight excluding hydrogens is 196 g/mol. The fourth-order valence-electron chi connectivity index (χ4n) is 0.590. The van der Waals surface area contributed by atoms with Gasteiger partial charge in [0.1, 0.15) is 0 Å². The van der Waals surface area contributed by atoms with Crippen molar-refractivity contribution in [2.24, 2.45) is 0 Å². The molecule has 0 atom stereocenters. The Morgan fingerprint density at radius 3 is 2.31 bits per heavy atom. The molecule has 0 bridgehead atoms. The SMILES string of the molecule is O=[N+]([O-])c1cccc(Cl)c1.O[B]O. The molecule has 0 saturated heterocycles.